The number of guanidine groups is 1. The van der Waals surface area contributed by atoms with Gasteiger partial charge in [-0.1, -0.05) is 63.2 Å². The van der Waals surface area contributed by atoms with E-state index in [4.69, 9.17) is 4.42 Å². The largest absolute Gasteiger partial charge is 0.443 e. The summed E-state index contributed by atoms with van der Waals surface area (Å²) in [7, 11) is 1.77. The van der Waals surface area contributed by atoms with E-state index in [1.807, 2.05) is 0 Å². The SMILES string of the molecule is CN=C(NCCc1cccc2ccccc12)NCc1ncc(C(C)(C)C)o1.I. The molecule has 1 heterocycles. The zero-order valence-corrected chi connectivity index (χ0v) is 19.3. The van der Waals surface area contributed by atoms with Gasteiger partial charge in [0, 0.05) is 19.0 Å². The lowest BCUT2D eigenvalue weighted by Gasteiger charge is -2.13. The standard InChI is InChI=1S/C22H28N4O.HI/c1-22(2,3)19-14-25-20(27-19)15-26-21(23-4)24-13-12-17-10-7-9-16-8-5-6-11-18(16)17;/h5-11,14H,12-13,15H2,1-4H3,(H2,23,24,26);1H. The smallest absolute Gasteiger partial charge is 0.213 e. The second-order valence-electron chi connectivity index (χ2n) is 7.61. The summed E-state index contributed by atoms with van der Waals surface area (Å²) in [5.41, 5.74) is 1.29. The summed E-state index contributed by atoms with van der Waals surface area (Å²) in [6.07, 6.45) is 2.73. The minimum atomic E-state index is -0.0381. The van der Waals surface area contributed by atoms with Crippen molar-refractivity contribution in [2.24, 2.45) is 4.99 Å². The van der Waals surface area contributed by atoms with Crippen LogP contribution in [-0.2, 0) is 18.4 Å². The Morgan fingerprint density at radius 2 is 1.82 bits per heavy atom. The Morgan fingerprint density at radius 1 is 1.07 bits per heavy atom. The van der Waals surface area contributed by atoms with Crippen molar-refractivity contribution in [3.8, 4) is 0 Å². The maximum atomic E-state index is 5.81. The van der Waals surface area contributed by atoms with E-state index in [-0.39, 0.29) is 29.4 Å². The minimum Gasteiger partial charge on any atom is -0.443 e. The van der Waals surface area contributed by atoms with Crippen LogP contribution in [0.2, 0.25) is 0 Å². The van der Waals surface area contributed by atoms with Gasteiger partial charge < -0.3 is 15.1 Å². The van der Waals surface area contributed by atoms with Crippen LogP contribution in [0.15, 0.2) is 58.1 Å². The molecule has 0 aliphatic rings. The van der Waals surface area contributed by atoms with E-state index in [1.54, 1.807) is 13.2 Å². The molecule has 28 heavy (non-hydrogen) atoms. The third-order valence-electron chi connectivity index (χ3n) is 4.49. The quantitative estimate of drug-likeness (QED) is 0.309. The predicted molar refractivity (Wildman–Crippen MR) is 126 cm³/mol. The molecule has 0 aliphatic carbocycles. The first kappa shape index (κ1) is 22.2. The average molecular weight is 492 g/mol. The first-order valence-electron chi connectivity index (χ1n) is 9.34. The zero-order chi connectivity index (χ0) is 19.3. The Bertz CT molecular complexity index is 922. The molecule has 0 aliphatic heterocycles. The summed E-state index contributed by atoms with van der Waals surface area (Å²) in [5, 5.41) is 9.19. The number of fused-ring (bicyclic) bond motifs is 1. The molecule has 0 fully saturated rings. The van der Waals surface area contributed by atoms with Crippen LogP contribution in [0.25, 0.3) is 10.8 Å². The van der Waals surface area contributed by atoms with Gasteiger partial charge in [-0.2, -0.15) is 0 Å². The molecule has 0 bridgehead atoms. The zero-order valence-electron chi connectivity index (χ0n) is 17.0. The number of hydrogen-bond acceptors (Lipinski definition) is 3. The molecule has 5 nitrogen and oxygen atoms in total. The van der Waals surface area contributed by atoms with Crippen molar-refractivity contribution >= 4 is 40.7 Å². The topological polar surface area (TPSA) is 62.5 Å². The molecule has 0 saturated heterocycles. The number of rotatable bonds is 5. The van der Waals surface area contributed by atoms with Crippen LogP contribution in [0, 0.1) is 0 Å². The maximum absolute atomic E-state index is 5.81. The van der Waals surface area contributed by atoms with Gasteiger partial charge in [-0.05, 0) is 22.8 Å². The van der Waals surface area contributed by atoms with Crippen LogP contribution >= 0.6 is 24.0 Å². The van der Waals surface area contributed by atoms with Gasteiger partial charge in [-0.15, -0.1) is 24.0 Å². The maximum Gasteiger partial charge on any atom is 0.213 e. The van der Waals surface area contributed by atoms with Crippen LogP contribution in [0.4, 0.5) is 0 Å². The highest BCUT2D eigenvalue weighted by atomic mass is 127. The average Bonchev–Trinajstić information content (AvgIpc) is 3.14. The Balaban J connectivity index is 0.00000280. The lowest BCUT2D eigenvalue weighted by atomic mass is 9.94. The van der Waals surface area contributed by atoms with Crippen molar-refractivity contribution in [3.63, 3.8) is 0 Å². The summed E-state index contributed by atoms with van der Waals surface area (Å²) in [6.45, 7) is 7.63. The van der Waals surface area contributed by atoms with Crippen LogP contribution < -0.4 is 10.6 Å². The number of benzene rings is 2. The summed E-state index contributed by atoms with van der Waals surface area (Å²) < 4.78 is 5.81. The Kier molecular flexibility index (Phi) is 7.86. The molecule has 3 aromatic rings. The van der Waals surface area contributed by atoms with E-state index >= 15 is 0 Å². The molecule has 3 rings (SSSR count). The summed E-state index contributed by atoms with van der Waals surface area (Å²) in [5.74, 6) is 2.29. The molecule has 0 atom stereocenters. The lowest BCUT2D eigenvalue weighted by Crippen LogP contribution is -2.37. The van der Waals surface area contributed by atoms with Crippen molar-refractivity contribution in [3.05, 3.63) is 65.9 Å². The normalized spacial score (nSPS) is 11.9. The van der Waals surface area contributed by atoms with Crippen molar-refractivity contribution in [2.75, 3.05) is 13.6 Å². The molecule has 0 amide bonds. The van der Waals surface area contributed by atoms with Gasteiger partial charge in [0.15, 0.2) is 5.96 Å². The molecule has 2 aromatic carbocycles. The third-order valence-corrected chi connectivity index (χ3v) is 4.49. The first-order chi connectivity index (χ1) is 13.0. The number of hydrogen-bond donors (Lipinski definition) is 2. The van der Waals surface area contributed by atoms with E-state index in [1.165, 1.54) is 16.3 Å². The highest BCUT2D eigenvalue weighted by Gasteiger charge is 2.19. The van der Waals surface area contributed by atoms with Gasteiger partial charge in [0.05, 0.1) is 12.7 Å². The molecular weight excluding hydrogens is 463 g/mol. The summed E-state index contributed by atoms with van der Waals surface area (Å²) in [4.78, 5) is 8.62. The molecule has 1 aromatic heterocycles. The van der Waals surface area contributed by atoms with Gasteiger partial charge in [-0.25, -0.2) is 4.98 Å². The third kappa shape index (κ3) is 5.70. The van der Waals surface area contributed by atoms with Crippen LogP contribution in [-0.4, -0.2) is 24.5 Å². The molecule has 2 N–H and O–H groups in total. The van der Waals surface area contributed by atoms with E-state index < -0.39 is 0 Å². The number of nitrogens with zero attached hydrogens (tertiary/aromatic N) is 2. The van der Waals surface area contributed by atoms with Crippen LogP contribution in [0.1, 0.15) is 38.0 Å². The molecule has 0 spiro atoms. The molecular formula is C22H29IN4O. The van der Waals surface area contributed by atoms with Gasteiger partial charge in [0.1, 0.15) is 5.76 Å². The van der Waals surface area contributed by atoms with Crippen molar-refractivity contribution < 1.29 is 4.42 Å². The van der Waals surface area contributed by atoms with Gasteiger partial charge in [-0.3, -0.25) is 4.99 Å². The molecule has 0 saturated carbocycles. The molecule has 0 radical (unpaired) electrons. The number of halogens is 1. The number of nitrogens with one attached hydrogen (secondary N) is 2. The Morgan fingerprint density at radius 3 is 2.54 bits per heavy atom. The van der Waals surface area contributed by atoms with Crippen LogP contribution in [0.3, 0.4) is 0 Å². The first-order valence-corrected chi connectivity index (χ1v) is 9.34. The van der Waals surface area contributed by atoms with Gasteiger partial charge in [0.2, 0.25) is 5.89 Å². The monoisotopic (exact) mass is 492 g/mol. The van der Waals surface area contributed by atoms with E-state index in [2.05, 4.69) is 83.8 Å². The summed E-state index contributed by atoms with van der Waals surface area (Å²) >= 11 is 0. The fraction of sp³-hybridized carbons (Fsp3) is 0.364. The van der Waals surface area contributed by atoms with Crippen molar-refractivity contribution in [2.45, 2.75) is 39.2 Å². The fourth-order valence-corrected chi connectivity index (χ4v) is 2.94. The van der Waals surface area contributed by atoms with Crippen molar-refractivity contribution in [1.82, 2.24) is 15.6 Å². The predicted octanol–water partition coefficient (Wildman–Crippen LogP) is 4.65. The fourth-order valence-electron chi connectivity index (χ4n) is 2.94. The van der Waals surface area contributed by atoms with Crippen LogP contribution in [0.5, 0.6) is 0 Å². The van der Waals surface area contributed by atoms with Gasteiger partial charge >= 0.3 is 0 Å². The van der Waals surface area contributed by atoms with E-state index in [9.17, 15) is 0 Å². The second-order valence-corrected chi connectivity index (χ2v) is 7.61. The molecule has 150 valence electrons. The Hall–Kier alpha value is -2.09. The summed E-state index contributed by atoms with van der Waals surface area (Å²) in [6, 6.07) is 14.9. The number of aliphatic imine (C=N–C) groups is 1. The van der Waals surface area contributed by atoms with E-state index in [0.717, 1.165) is 24.7 Å². The van der Waals surface area contributed by atoms with E-state index in [0.29, 0.717) is 12.4 Å². The molecule has 6 heteroatoms. The molecule has 0 unspecified atom stereocenters. The number of oxazole rings is 1. The Labute approximate surface area is 184 Å². The number of aromatic nitrogens is 1. The highest BCUT2D eigenvalue weighted by Crippen LogP contribution is 2.22. The highest BCUT2D eigenvalue weighted by molar-refractivity contribution is 14.0. The second kappa shape index (κ2) is 9.91. The minimum absolute atomic E-state index is 0. The van der Waals surface area contributed by atoms with Crippen molar-refractivity contribution in [1.29, 1.82) is 0 Å². The van der Waals surface area contributed by atoms with Gasteiger partial charge in [0.25, 0.3) is 0 Å². The lowest BCUT2D eigenvalue weighted by molar-refractivity contribution is 0.379.